The van der Waals surface area contributed by atoms with E-state index in [2.05, 4.69) is 0 Å². The molecule has 0 saturated carbocycles. The molecule has 0 fully saturated rings. The summed E-state index contributed by atoms with van der Waals surface area (Å²) < 4.78 is 37.3. The van der Waals surface area contributed by atoms with Gasteiger partial charge in [0, 0.05) is 6.42 Å². The first kappa shape index (κ1) is 16.7. The van der Waals surface area contributed by atoms with Gasteiger partial charge in [-0.15, -0.1) is 0 Å². The molecule has 1 amide bonds. The van der Waals surface area contributed by atoms with E-state index < -0.39 is 23.9 Å². The number of benzene rings is 2. The van der Waals surface area contributed by atoms with E-state index in [9.17, 15) is 22.8 Å². The van der Waals surface area contributed by atoms with Crippen molar-refractivity contribution in [3.05, 3.63) is 71.8 Å². The fourth-order valence-electron chi connectivity index (χ4n) is 2.24. The number of nitrogens with one attached hydrogen (secondary N) is 1. The maximum atomic E-state index is 12.4. The molecular formula is C17H14F3NO2. The van der Waals surface area contributed by atoms with Crippen molar-refractivity contribution in [2.24, 2.45) is 0 Å². The molecule has 1 unspecified atom stereocenters. The van der Waals surface area contributed by atoms with Crippen LogP contribution in [-0.2, 0) is 16.0 Å². The predicted molar refractivity (Wildman–Crippen MR) is 78.5 cm³/mol. The Morgan fingerprint density at radius 1 is 0.913 bits per heavy atom. The van der Waals surface area contributed by atoms with Crippen molar-refractivity contribution >= 4 is 11.7 Å². The highest BCUT2D eigenvalue weighted by molar-refractivity contribution is 6.07. The minimum atomic E-state index is -4.88. The van der Waals surface area contributed by atoms with Gasteiger partial charge in [0.2, 0.25) is 5.91 Å². The Morgan fingerprint density at radius 3 is 1.96 bits per heavy atom. The van der Waals surface area contributed by atoms with Gasteiger partial charge in [-0.1, -0.05) is 60.7 Å². The van der Waals surface area contributed by atoms with E-state index in [0.717, 1.165) is 5.32 Å². The molecule has 1 atom stereocenters. The summed E-state index contributed by atoms with van der Waals surface area (Å²) in [6.07, 6.45) is -5.00. The lowest BCUT2D eigenvalue weighted by Crippen LogP contribution is -2.42. The molecule has 2 rings (SSSR count). The molecule has 2 aromatic carbocycles. The van der Waals surface area contributed by atoms with E-state index in [4.69, 9.17) is 0 Å². The maximum absolute atomic E-state index is 12.4. The van der Waals surface area contributed by atoms with Gasteiger partial charge in [0.15, 0.2) is 5.78 Å². The average molecular weight is 321 g/mol. The first-order valence-electron chi connectivity index (χ1n) is 6.87. The molecule has 0 aliphatic carbocycles. The van der Waals surface area contributed by atoms with E-state index in [1.54, 1.807) is 48.5 Å². The standard InChI is InChI=1S/C17H14F3NO2/c18-17(19,20)21-16(23)15(13-9-5-2-6-10-13)14(22)11-12-7-3-1-4-8-12/h1-10,15H,11H2,(H,21,23). The number of ketones is 1. The molecular weight excluding hydrogens is 307 g/mol. The summed E-state index contributed by atoms with van der Waals surface area (Å²) in [6, 6.07) is 16.3. The maximum Gasteiger partial charge on any atom is 0.484 e. The second-order valence-corrected chi connectivity index (χ2v) is 4.96. The van der Waals surface area contributed by atoms with E-state index >= 15 is 0 Å². The lowest BCUT2D eigenvalue weighted by molar-refractivity contribution is -0.170. The van der Waals surface area contributed by atoms with Crippen LogP contribution in [0.1, 0.15) is 17.0 Å². The van der Waals surface area contributed by atoms with Crippen molar-refractivity contribution in [2.45, 2.75) is 18.6 Å². The Balaban J connectivity index is 2.26. The van der Waals surface area contributed by atoms with Crippen LogP contribution in [0.25, 0.3) is 0 Å². The van der Waals surface area contributed by atoms with E-state index in [0.29, 0.717) is 5.56 Å². The number of rotatable bonds is 5. The largest absolute Gasteiger partial charge is 0.484 e. The fourth-order valence-corrected chi connectivity index (χ4v) is 2.24. The van der Waals surface area contributed by atoms with Crippen LogP contribution in [-0.4, -0.2) is 18.0 Å². The van der Waals surface area contributed by atoms with Crippen molar-refractivity contribution in [2.75, 3.05) is 0 Å². The molecule has 0 heterocycles. The van der Waals surface area contributed by atoms with Crippen LogP contribution in [0.5, 0.6) is 0 Å². The molecule has 6 heteroatoms. The third-order valence-corrected chi connectivity index (χ3v) is 3.20. The number of alkyl halides is 3. The molecule has 0 aliphatic rings. The average Bonchev–Trinajstić information content (AvgIpc) is 2.47. The smallest absolute Gasteiger partial charge is 0.298 e. The fraction of sp³-hybridized carbons (Fsp3) is 0.176. The molecule has 0 aromatic heterocycles. The van der Waals surface area contributed by atoms with Crippen molar-refractivity contribution in [3.8, 4) is 0 Å². The quantitative estimate of drug-likeness (QED) is 0.679. The van der Waals surface area contributed by atoms with Gasteiger partial charge in [-0.2, -0.15) is 13.2 Å². The first-order chi connectivity index (χ1) is 10.9. The molecule has 0 spiro atoms. The highest BCUT2D eigenvalue weighted by Crippen LogP contribution is 2.22. The summed E-state index contributed by atoms with van der Waals surface area (Å²) in [7, 11) is 0. The Bertz CT molecular complexity index is 669. The summed E-state index contributed by atoms with van der Waals surface area (Å²) in [6.45, 7) is 0. The zero-order valence-corrected chi connectivity index (χ0v) is 12.0. The van der Waals surface area contributed by atoms with Crippen LogP contribution in [0.2, 0.25) is 0 Å². The zero-order chi connectivity index (χ0) is 16.9. The van der Waals surface area contributed by atoms with Crippen LogP contribution in [0, 0.1) is 0 Å². The van der Waals surface area contributed by atoms with Crippen molar-refractivity contribution in [1.82, 2.24) is 5.32 Å². The number of carbonyl (C=O) groups excluding carboxylic acids is 2. The van der Waals surface area contributed by atoms with Gasteiger partial charge < -0.3 is 0 Å². The van der Waals surface area contributed by atoms with Crippen LogP contribution in [0.15, 0.2) is 60.7 Å². The molecule has 120 valence electrons. The van der Waals surface area contributed by atoms with Gasteiger partial charge in [0.05, 0.1) is 0 Å². The van der Waals surface area contributed by atoms with E-state index in [-0.39, 0.29) is 12.0 Å². The summed E-state index contributed by atoms with van der Waals surface area (Å²) in [5.74, 6) is -3.47. The highest BCUT2D eigenvalue weighted by Gasteiger charge is 2.36. The normalized spacial score (nSPS) is 12.5. The van der Waals surface area contributed by atoms with Crippen molar-refractivity contribution < 1.29 is 22.8 Å². The summed E-state index contributed by atoms with van der Waals surface area (Å²) >= 11 is 0. The van der Waals surface area contributed by atoms with Crippen LogP contribution in [0.4, 0.5) is 13.2 Å². The molecule has 0 radical (unpaired) electrons. The summed E-state index contributed by atoms with van der Waals surface area (Å²) in [5, 5.41) is 0.925. The van der Waals surface area contributed by atoms with Crippen LogP contribution in [0.3, 0.4) is 0 Å². The van der Waals surface area contributed by atoms with E-state index in [1.165, 1.54) is 12.1 Å². The third-order valence-electron chi connectivity index (χ3n) is 3.20. The summed E-state index contributed by atoms with van der Waals surface area (Å²) in [5.41, 5.74) is 0.869. The number of Topliss-reactive ketones (excluding diaryl/α,β-unsaturated/α-hetero) is 1. The van der Waals surface area contributed by atoms with Crippen molar-refractivity contribution in [3.63, 3.8) is 0 Å². The van der Waals surface area contributed by atoms with Gasteiger partial charge in [-0.05, 0) is 11.1 Å². The molecule has 0 bridgehead atoms. The summed E-state index contributed by atoms with van der Waals surface area (Å²) in [4.78, 5) is 24.4. The van der Waals surface area contributed by atoms with Gasteiger partial charge in [-0.3, -0.25) is 14.9 Å². The second-order valence-electron chi connectivity index (χ2n) is 4.96. The number of amides is 1. The van der Waals surface area contributed by atoms with Gasteiger partial charge in [-0.25, -0.2) is 0 Å². The van der Waals surface area contributed by atoms with Crippen molar-refractivity contribution in [1.29, 1.82) is 0 Å². The number of hydrogen-bond donors (Lipinski definition) is 1. The van der Waals surface area contributed by atoms with Gasteiger partial charge >= 0.3 is 6.30 Å². The minimum Gasteiger partial charge on any atom is -0.298 e. The molecule has 0 saturated heterocycles. The van der Waals surface area contributed by atoms with Gasteiger partial charge in [0.1, 0.15) is 5.92 Å². The lowest BCUT2D eigenvalue weighted by Gasteiger charge is -2.17. The number of hydrogen-bond acceptors (Lipinski definition) is 2. The molecule has 2 aromatic rings. The molecule has 1 N–H and O–H groups in total. The highest BCUT2D eigenvalue weighted by atomic mass is 19.4. The van der Waals surface area contributed by atoms with Crippen LogP contribution >= 0.6 is 0 Å². The minimum absolute atomic E-state index is 0.119. The molecule has 23 heavy (non-hydrogen) atoms. The predicted octanol–water partition coefficient (Wildman–Crippen LogP) is 3.22. The van der Waals surface area contributed by atoms with E-state index in [1.807, 2.05) is 0 Å². The SMILES string of the molecule is O=C(Cc1ccccc1)C(C(=O)NC(F)(F)F)c1ccccc1. The van der Waals surface area contributed by atoms with Crippen LogP contribution < -0.4 is 5.32 Å². The monoisotopic (exact) mass is 321 g/mol. The Hall–Kier alpha value is -2.63. The Morgan fingerprint density at radius 2 is 1.43 bits per heavy atom. The Kier molecular flexibility index (Phi) is 5.16. The number of halogens is 3. The first-order valence-corrected chi connectivity index (χ1v) is 6.87. The van der Waals surface area contributed by atoms with Gasteiger partial charge in [0.25, 0.3) is 0 Å². The molecule has 3 nitrogen and oxygen atoms in total. The Labute approximate surface area is 131 Å². The topological polar surface area (TPSA) is 46.2 Å². The zero-order valence-electron chi connectivity index (χ0n) is 12.0. The third kappa shape index (κ3) is 4.95. The number of carbonyl (C=O) groups is 2. The second kappa shape index (κ2) is 7.09. The molecule has 0 aliphatic heterocycles. The lowest BCUT2D eigenvalue weighted by atomic mass is 9.90.